The van der Waals surface area contributed by atoms with E-state index in [9.17, 15) is 4.79 Å². The maximum absolute atomic E-state index is 11.1. The normalized spacial score (nSPS) is 9.00. The van der Waals surface area contributed by atoms with Crippen LogP contribution in [-0.4, -0.2) is 10.8 Å². The Bertz CT molecular complexity index is 336. The van der Waals surface area contributed by atoms with Gasteiger partial charge in [-0.3, -0.25) is 9.78 Å². The van der Waals surface area contributed by atoms with Crippen molar-refractivity contribution in [3.63, 3.8) is 0 Å². The Morgan fingerprint density at radius 1 is 1.75 bits per heavy atom. The van der Waals surface area contributed by atoms with Gasteiger partial charge in [0.05, 0.1) is 0 Å². The highest BCUT2D eigenvalue weighted by molar-refractivity contribution is 6.08. The van der Waals surface area contributed by atoms with Crippen molar-refractivity contribution in [2.24, 2.45) is 0 Å². The Labute approximate surface area is 71.6 Å². The summed E-state index contributed by atoms with van der Waals surface area (Å²) < 4.78 is 0. The third-order valence-corrected chi connectivity index (χ3v) is 1.62. The van der Waals surface area contributed by atoms with E-state index in [2.05, 4.69) is 10.9 Å². The molecular formula is C10H9NO. The molecule has 0 bridgehead atoms. The maximum Gasteiger partial charge on any atom is 0.254 e. The fourth-order valence-electron chi connectivity index (χ4n) is 0.997. The van der Waals surface area contributed by atoms with Gasteiger partial charge < -0.3 is 0 Å². The lowest BCUT2D eigenvalue weighted by Crippen LogP contribution is -2.02. The number of Topliss-reactive ketones (excluding diaryl/α,β-unsaturated/α-hetero) is 1. The third-order valence-electron chi connectivity index (χ3n) is 1.62. The molecule has 0 aromatic carbocycles. The van der Waals surface area contributed by atoms with Gasteiger partial charge in [0, 0.05) is 6.20 Å². The third kappa shape index (κ3) is 1.51. The minimum Gasteiger partial charge on any atom is -0.277 e. The number of carbonyl (C=O) groups excluding carboxylic acids is 1. The first-order valence-corrected chi connectivity index (χ1v) is 3.74. The van der Waals surface area contributed by atoms with Gasteiger partial charge in [0.2, 0.25) is 0 Å². The average molecular weight is 159 g/mol. The molecule has 2 heteroatoms. The first-order valence-electron chi connectivity index (χ1n) is 3.74. The molecule has 12 heavy (non-hydrogen) atoms. The molecule has 1 aromatic rings. The summed E-state index contributed by atoms with van der Waals surface area (Å²) in [6.07, 6.45) is 7.34. The summed E-state index contributed by atoms with van der Waals surface area (Å²) in [6.45, 7) is 1.96. The second-order valence-electron chi connectivity index (χ2n) is 2.34. The quantitative estimate of drug-likeness (QED) is 0.371. The van der Waals surface area contributed by atoms with Crippen LogP contribution in [0.5, 0.6) is 0 Å². The monoisotopic (exact) mass is 159 g/mol. The van der Waals surface area contributed by atoms with Gasteiger partial charge in [-0.15, -0.1) is 6.42 Å². The second kappa shape index (κ2) is 3.68. The highest BCUT2D eigenvalue weighted by Gasteiger charge is 2.07. The van der Waals surface area contributed by atoms with Crippen molar-refractivity contribution in [1.82, 2.24) is 4.98 Å². The van der Waals surface area contributed by atoms with Crippen LogP contribution in [0.4, 0.5) is 0 Å². The number of aromatic nitrogens is 1. The Kier molecular flexibility index (Phi) is 2.60. The largest absolute Gasteiger partial charge is 0.277 e. The Balaban J connectivity index is 3.15. The van der Waals surface area contributed by atoms with Crippen LogP contribution in [0, 0.1) is 12.3 Å². The molecule has 60 valence electrons. The maximum atomic E-state index is 11.1. The van der Waals surface area contributed by atoms with Crippen LogP contribution in [0.25, 0.3) is 0 Å². The Morgan fingerprint density at radius 3 is 3.08 bits per heavy atom. The molecule has 1 heterocycles. The first kappa shape index (κ1) is 8.48. The van der Waals surface area contributed by atoms with Crippen molar-refractivity contribution < 1.29 is 4.79 Å². The standard InChI is InChI=1S/C10H9NO/c1-3-8-6-5-7-11-10(8)9(12)4-2/h2,5-7H,3H2,1H3. The van der Waals surface area contributed by atoms with Gasteiger partial charge in [-0.1, -0.05) is 13.0 Å². The fourth-order valence-corrected chi connectivity index (χ4v) is 0.997. The number of rotatable bonds is 2. The highest BCUT2D eigenvalue weighted by atomic mass is 16.1. The molecule has 0 amide bonds. The number of nitrogens with zero attached hydrogens (tertiary/aromatic N) is 1. The van der Waals surface area contributed by atoms with Gasteiger partial charge in [-0.05, 0) is 24.0 Å². The molecule has 0 radical (unpaired) electrons. The van der Waals surface area contributed by atoms with E-state index in [1.165, 1.54) is 0 Å². The molecule has 0 aliphatic heterocycles. The summed E-state index contributed by atoms with van der Waals surface area (Å²) in [5.41, 5.74) is 1.31. The molecule has 2 nitrogen and oxygen atoms in total. The molecule has 0 aliphatic carbocycles. The molecule has 0 fully saturated rings. The molecule has 1 rings (SSSR count). The van der Waals surface area contributed by atoms with Crippen molar-refractivity contribution in [2.45, 2.75) is 13.3 Å². The topological polar surface area (TPSA) is 30.0 Å². The van der Waals surface area contributed by atoms with E-state index in [0.29, 0.717) is 5.69 Å². The first-order chi connectivity index (χ1) is 5.79. The average Bonchev–Trinajstić information content (AvgIpc) is 2.16. The number of aryl methyl sites for hydroxylation is 1. The van der Waals surface area contributed by atoms with Gasteiger partial charge >= 0.3 is 0 Å². The summed E-state index contributed by atoms with van der Waals surface area (Å²) in [6, 6.07) is 3.66. The van der Waals surface area contributed by atoms with E-state index in [-0.39, 0.29) is 5.78 Å². The zero-order valence-electron chi connectivity index (χ0n) is 6.87. The summed E-state index contributed by atoms with van der Waals surface area (Å²) in [5, 5.41) is 0. The van der Waals surface area contributed by atoms with Crippen molar-refractivity contribution in [1.29, 1.82) is 0 Å². The smallest absolute Gasteiger partial charge is 0.254 e. The van der Waals surface area contributed by atoms with Crippen LogP contribution in [0.15, 0.2) is 18.3 Å². The molecule has 0 saturated carbocycles. The van der Waals surface area contributed by atoms with Gasteiger partial charge in [0.15, 0.2) is 0 Å². The summed E-state index contributed by atoms with van der Waals surface area (Å²) in [7, 11) is 0. The number of terminal acetylenes is 1. The molecule has 1 aromatic heterocycles. The molecule has 0 aliphatic rings. The number of ketones is 1. The molecule has 0 atom stereocenters. The Hall–Kier alpha value is -1.62. The van der Waals surface area contributed by atoms with E-state index in [1.54, 1.807) is 12.3 Å². The molecule has 0 spiro atoms. The molecule has 0 N–H and O–H groups in total. The number of pyridine rings is 1. The number of hydrogen-bond acceptors (Lipinski definition) is 2. The SMILES string of the molecule is C#CC(=O)c1ncccc1CC. The van der Waals surface area contributed by atoms with Crippen molar-refractivity contribution in [3.05, 3.63) is 29.6 Å². The fraction of sp³-hybridized carbons (Fsp3) is 0.200. The van der Waals surface area contributed by atoms with E-state index in [4.69, 9.17) is 6.42 Å². The summed E-state index contributed by atoms with van der Waals surface area (Å²) >= 11 is 0. The predicted molar refractivity (Wildman–Crippen MR) is 46.8 cm³/mol. The molecular weight excluding hydrogens is 150 g/mol. The summed E-state index contributed by atoms with van der Waals surface area (Å²) in [5.74, 6) is 1.71. The number of hydrogen-bond donors (Lipinski definition) is 0. The van der Waals surface area contributed by atoms with Crippen LogP contribution in [0.2, 0.25) is 0 Å². The van der Waals surface area contributed by atoms with E-state index < -0.39 is 0 Å². The Morgan fingerprint density at radius 2 is 2.50 bits per heavy atom. The van der Waals surface area contributed by atoms with Gasteiger partial charge in [-0.2, -0.15) is 0 Å². The van der Waals surface area contributed by atoms with Gasteiger partial charge in [0.25, 0.3) is 5.78 Å². The van der Waals surface area contributed by atoms with E-state index in [1.807, 2.05) is 13.0 Å². The lowest BCUT2D eigenvalue weighted by atomic mass is 10.1. The minimum absolute atomic E-state index is 0.340. The van der Waals surface area contributed by atoms with Crippen LogP contribution >= 0.6 is 0 Å². The van der Waals surface area contributed by atoms with Crippen LogP contribution in [0.3, 0.4) is 0 Å². The lowest BCUT2D eigenvalue weighted by molar-refractivity contribution is 0.105. The van der Waals surface area contributed by atoms with Gasteiger partial charge in [-0.25, -0.2) is 0 Å². The van der Waals surface area contributed by atoms with Crippen molar-refractivity contribution in [2.75, 3.05) is 0 Å². The van der Waals surface area contributed by atoms with Crippen molar-refractivity contribution >= 4 is 5.78 Å². The number of carbonyl (C=O) groups is 1. The van der Waals surface area contributed by atoms with Crippen molar-refractivity contribution in [3.8, 4) is 12.3 Å². The molecule has 0 unspecified atom stereocenters. The lowest BCUT2D eigenvalue weighted by Gasteiger charge is -1.99. The summed E-state index contributed by atoms with van der Waals surface area (Å²) in [4.78, 5) is 15.0. The molecule has 0 saturated heterocycles. The van der Waals surface area contributed by atoms with Crippen LogP contribution in [0.1, 0.15) is 23.0 Å². The van der Waals surface area contributed by atoms with Crippen LogP contribution in [-0.2, 0) is 6.42 Å². The minimum atomic E-state index is -0.340. The van der Waals surface area contributed by atoms with E-state index >= 15 is 0 Å². The van der Waals surface area contributed by atoms with Crippen LogP contribution < -0.4 is 0 Å². The zero-order valence-corrected chi connectivity index (χ0v) is 6.87. The van der Waals surface area contributed by atoms with Gasteiger partial charge in [0.1, 0.15) is 5.69 Å². The highest BCUT2D eigenvalue weighted by Crippen LogP contribution is 2.05. The zero-order chi connectivity index (χ0) is 8.97. The van der Waals surface area contributed by atoms with E-state index in [0.717, 1.165) is 12.0 Å². The second-order valence-corrected chi connectivity index (χ2v) is 2.34. The predicted octanol–water partition coefficient (Wildman–Crippen LogP) is 1.46.